The topological polar surface area (TPSA) is 71.1 Å². The molecule has 8 heteroatoms. The summed E-state index contributed by atoms with van der Waals surface area (Å²) in [6.45, 7) is 1.33. The zero-order valence-corrected chi connectivity index (χ0v) is 15.7. The van der Waals surface area contributed by atoms with Crippen LogP contribution in [0.4, 0.5) is 13.2 Å². The van der Waals surface area contributed by atoms with Crippen LogP contribution in [-0.2, 0) is 11.0 Å². The number of carbonyl (C=O) groups excluding carboxylic acids is 2. The minimum Gasteiger partial charge on any atom is -0.273 e. The van der Waals surface area contributed by atoms with Crippen molar-refractivity contribution in [3.63, 3.8) is 0 Å². The van der Waals surface area contributed by atoms with E-state index in [2.05, 4.69) is 15.8 Å². The Morgan fingerprint density at radius 2 is 1.64 bits per heavy atom. The summed E-state index contributed by atoms with van der Waals surface area (Å²) < 4.78 is 38.1. The van der Waals surface area contributed by atoms with Crippen LogP contribution in [0.15, 0.2) is 12.1 Å². The second-order valence-corrected chi connectivity index (χ2v) is 8.92. The van der Waals surface area contributed by atoms with E-state index >= 15 is 0 Å². The van der Waals surface area contributed by atoms with Gasteiger partial charge in [0.2, 0.25) is 5.91 Å². The Kier molecular flexibility index (Phi) is 4.62. The first-order valence-electron chi connectivity index (χ1n) is 9.78. The summed E-state index contributed by atoms with van der Waals surface area (Å²) >= 11 is 0. The van der Waals surface area contributed by atoms with Crippen LogP contribution in [0.25, 0.3) is 0 Å². The largest absolute Gasteiger partial charge is 0.433 e. The Labute approximate surface area is 161 Å². The number of aryl methyl sites for hydroxylation is 1. The van der Waals surface area contributed by atoms with Gasteiger partial charge in [-0.15, -0.1) is 0 Å². The number of aromatic nitrogens is 1. The summed E-state index contributed by atoms with van der Waals surface area (Å²) in [5.74, 6) is 1.28. The van der Waals surface area contributed by atoms with Crippen LogP contribution >= 0.6 is 0 Å². The molecule has 0 radical (unpaired) electrons. The molecule has 1 aromatic rings. The predicted octanol–water partition coefficient (Wildman–Crippen LogP) is 3.78. The molecule has 0 aliphatic heterocycles. The quantitative estimate of drug-likeness (QED) is 0.766. The highest BCUT2D eigenvalue weighted by Gasteiger charge is 2.51. The summed E-state index contributed by atoms with van der Waals surface area (Å²) in [5.41, 5.74) is 3.73. The van der Waals surface area contributed by atoms with Crippen molar-refractivity contribution in [3.8, 4) is 0 Å². The highest BCUT2D eigenvalue weighted by Crippen LogP contribution is 2.61. The molecule has 4 bridgehead atoms. The van der Waals surface area contributed by atoms with E-state index in [1.165, 1.54) is 26.2 Å². The maximum absolute atomic E-state index is 12.7. The van der Waals surface area contributed by atoms with Crippen molar-refractivity contribution in [2.45, 2.75) is 58.0 Å². The molecule has 0 saturated heterocycles. The molecule has 28 heavy (non-hydrogen) atoms. The molecule has 1 heterocycles. The van der Waals surface area contributed by atoms with E-state index in [1.54, 1.807) is 0 Å². The molecule has 4 aliphatic rings. The second-order valence-electron chi connectivity index (χ2n) is 8.92. The number of rotatable bonds is 3. The number of halogens is 3. The van der Waals surface area contributed by atoms with Crippen LogP contribution in [-0.4, -0.2) is 16.8 Å². The summed E-state index contributed by atoms with van der Waals surface area (Å²) in [5, 5.41) is 0. The molecule has 0 unspecified atom stereocenters. The maximum Gasteiger partial charge on any atom is 0.433 e. The van der Waals surface area contributed by atoms with E-state index in [0.29, 0.717) is 6.42 Å². The fourth-order valence-corrected chi connectivity index (χ4v) is 6.04. The van der Waals surface area contributed by atoms with Gasteiger partial charge < -0.3 is 0 Å². The van der Waals surface area contributed by atoms with Crippen molar-refractivity contribution in [3.05, 3.63) is 29.1 Å². The van der Waals surface area contributed by atoms with E-state index in [9.17, 15) is 22.8 Å². The zero-order valence-electron chi connectivity index (χ0n) is 15.7. The molecule has 4 fully saturated rings. The van der Waals surface area contributed by atoms with Gasteiger partial charge in [0.1, 0.15) is 5.69 Å². The van der Waals surface area contributed by atoms with E-state index in [4.69, 9.17) is 0 Å². The van der Waals surface area contributed by atoms with E-state index < -0.39 is 17.8 Å². The SMILES string of the molecule is Cc1nc(C(F)(F)F)ccc1C(=O)NNC(=O)CC12CC3CC(CC(C3)C1)C2. The number of hydrazine groups is 1. The lowest BCUT2D eigenvalue weighted by Crippen LogP contribution is -2.50. The van der Waals surface area contributed by atoms with Crippen LogP contribution in [0.1, 0.15) is 66.7 Å². The normalized spacial score (nSPS) is 30.9. The number of hydrogen-bond acceptors (Lipinski definition) is 3. The van der Waals surface area contributed by atoms with Crippen LogP contribution < -0.4 is 10.9 Å². The first kappa shape index (κ1) is 19.2. The Balaban J connectivity index is 1.34. The minimum absolute atomic E-state index is 0.00287. The third-order valence-corrected chi connectivity index (χ3v) is 6.64. The molecule has 152 valence electrons. The lowest BCUT2D eigenvalue weighted by Gasteiger charge is -2.56. The molecule has 2 amide bonds. The molecule has 0 aromatic carbocycles. The number of nitrogens with one attached hydrogen (secondary N) is 2. The Hall–Kier alpha value is -2.12. The number of nitrogens with zero attached hydrogens (tertiary/aromatic N) is 1. The smallest absolute Gasteiger partial charge is 0.273 e. The van der Waals surface area contributed by atoms with Gasteiger partial charge in [0.15, 0.2) is 0 Å². The first-order valence-corrected chi connectivity index (χ1v) is 9.78. The first-order chi connectivity index (χ1) is 13.1. The number of alkyl halides is 3. The van der Waals surface area contributed by atoms with Crippen molar-refractivity contribution < 1.29 is 22.8 Å². The van der Waals surface area contributed by atoms with Gasteiger partial charge >= 0.3 is 6.18 Å². The standard InChI is InChI=1S/C20H24F3N3O2/c1-11-15(2-3-16(24-11)20(21,22)23)18(28)26-25-17(27)10-19-7-12-4-13(8-19)6-14(5-12)9-19/h2-3,12-14H,4-10H2,1H3,(H,25,27)(H,26,28). The minimum atomic E-state index is -4.56. The van der Waals surface area contributed by atoms with Crippen LogP contribution in [0.3, 0.4) is 0 Å². The lowest BCUT2D eigenvalue weighted by atomic mass is 9.49. The van der Waals surface area contributed by atoms with Gasteiger partial charge in [0, 0.05) is 6.42 Å². The lowest BCUT2D eigenvalue weighted by molar-refractivity contribution is -0.141. The van der Waals surface area contributed by atoms with E-state index in [1.807, 2.05) is 0 Å². The maximum atomic E-state index is 12.7. The summed E-state index contributed by atoms with van der Waals surface area (Å²) in [6.07, 6.45) is 2.95. The average Bonchev–Trinajstić information content (AvgIpc) is 2.57. The predicted molar refractivity (Wildman–Crippen MR) is 94.8 cm³/mol. The van der Waals surface area contributed by atoms with Gasteiger partial charge in [0.25, 0.3) is 5.91 Å². The molecular weight excluding hydrogens is 371 g/mol. The number of hydrogen-bond donors (Lipinski definition) is 2. The van der Waals surface area contributed by atoms with Gasteiger partial charge in [-0.2, -0.15) is 13.2 Å². The number of pyridine rings is 1. The summed E-state index contributed by atoms with van der Waals surface area (Å²) in [4.78, 5) is 28.1. The number of amides is 2. The third-order valence-electron chi connectivity index (χ3n) is 6.64. The fourth-order valence-electron chi connectivity index (χ4n) is 6.04. The van der Waals surface area contributed by atoms with E-state index in [-0.39, 0.29) is 22.6 Å². The Morgan fingerprint density at radius 3 is 2.14 bits per heavy atom. The highest BCUT2D eigenvalue weighted by atomic mass is 19.4. The summed E-state index contributed by atoms with van der Waals surface area (Å²) in [6, 6.07) is 1.84. The van der Waals surface area contributed by atoms with E-state index in [0.717, 1.165) is 49.1 Å². The molecule has 4 aliphatic carbocycles. The van der Waals surface area contributed by atoms with Gasteiger partial charge in [-0.1, -0.05) is 0 Å². The van der Waals surface area contributed by atoms with Crippen molar-refractivity contribution in [2.75, 3.05) is 0 Å². The molecule has 4 saturated carbocycles. The van der Waals surface area contributed by atoms with Crippen molar-refractivity contribution in [2.24, 2.45) is 23.2 Å². The molecule has 0 atom stereocenters. The Bertz CT molecular complexity index is 771. The highest BCUT2D eigenvalue weighted by molar-refractivity contribution is 5.96. The number of carbonyl (C=O) groups is 2. The monoisotopic (exact) mass is 395 g/mol. The van der Waals surface area contributed by atoms with Gasteiger partial charge in [-0.3, -0.25) is 20.4 Å². The van der Waals surface area contributed by atoms with Gasteiger partial charge in [-0.25, -0.2) is 4.98 Å². The van der Waals surface area contributed by atoms with Crippen LogP contribution in [0.2, 0.25) is 0 Å². The fraction of sp³-hybridized carbons (Fsp3) is 0.650. The molecule has 5 nitrogen and oxygen atoms in total. The van der Waals surface area contributed by atoms with Gasteiger partial charge in [0.05, 0.1) is 11.3 Å². The van der Waals surface area contributed by atoms with Crippen LogP contribution in [0.5, 0.6) is 0 Å². The van der Waals surface area contributed by atoms with Crippen molar-refractivity contribution >= 4 is 11.8 Å². The molecule has 2 N–H and O–H groups in total. The molecular formula is C20H24F3N3O2. The Morgan fingerprint density at radius 1 is 1.07 bits per heavy atom. The van der Waals surface area contributed by atoms with Crippen molar-refractivity contribution in [1.82, 2.24) is 15.8 Å². The zero-order chi connectivity index (χ0) is 20.1. The van der Waals surface area contributed by atoms with Crippen molar-refractivity contribution in [1.29, 1.82) is 0 Å². The van der Waals surface area contributed by atoms with Crippen LogP contribution in [0, 0.1) is 30.1 Å². The molecule has 5 rings (SSSR count). The average molecular weight is 395 g/mol. The molecule has 0 spiro atoms. The summed E-state index contributed by atoms with van der Waals surface area (Å²) in [7, 11) is 0. The second kappa shape index (κ2) is 6.74. The van der Waals surface area contributed by atoms with Gasteiger partial charge in [-0.05, 0) is 80.8 Å². The molecule has 1 aromatic heterocycles. The third kappa shape index (κ3) is 3.73.